The predicted molar refractivity (Wildman–Crippen MR) is 44.0 cm³/mol. The fourth-order valence-electron chi connectivity index (χ4n) is 0.841. The second-order valence-corrected chi connectivity index (χ2v) is 4.72. The molecule has 3 heteroatoms. The Morgan fingerprint density at radius 3 is 3.00 bits per heavy atom. The van der Waals surface area contributed by atoms with Gasteiger partial charge in [0.15, 0.2) is 5.12 Å². The van der Waals surface area contributed by atoms with Gasteiger partial charge in [-0.05, 0) is 12.2 Å². The molecule has 0 spiro atoms. The molecule has 0 saturated carbocycles. The number of hydrogen-bond acceptors (Lipinski definition) is 3. The highest BCUT2D eigenvalue weighted by atomic mass is 32.2. The van der Waals surface area contributed by atoms with Gasteiger partial charge in [0.25, 0.3) is 0 Å². The first-order valence-electron chi connectivity index (χ1n) is 3.04. The van der Waals surface area contributed by atoms with Crippen molar-refractivity contribution < 1.29 is 4.79 Å². The van der Waals surface area contributed by atoms with E-state index in [1.54, 1.807) is 6.92 Å². The normalized spacial score (nSPS) is 26.6. The lowest BCUT2D eigenvalue weighted by Crippen LogP contribution is -2.01. The lowest BCUT2D eigenvalue weighted by atomic mass is 10.4. The van der Waals surface area contributed by atoms with Gasteiger partial charge in [-0.15, -0.1) is 0 Å². The maximum absolute atomic E-state index is 10.6. The molecule has 0 aliphatic carbocycles. The Kier molecular flexibility index (Phi) is 2.92. The molecule has 0 radical (unpaired) electrons. The van der Waals surface area contributed by atoms with Gasteiger partial charge in [0.2, 0.25) is 0 Å². The van der Waals surface area contributed by atoms with Crippen LogP contribution >= 0.6 is 23.5 Å². The Balaban J connectivity index is 2.19. The topological polar surface area (TPSA) is 17.1 Å². The summed E-state index contributed by atoms with van der Waals surface area (Å²) in [5.41, 5.74) is 0. The van der Waals surface area contributed by atoms with Gasteiger partial charge in [0.1, 0.15) is 0 Å². The smallest absolute Gasteiger partial charge is 0.186 e. The Labute approximate surface area is 64.0 Å². The van der Waals surface area contributed by atoms with E-state index in [1.807, 2.05) is 11.8 Å². The van der Waals surface area contributed by atoms with Crippen molar-refractivity contribution in [1.29, 1.82) is 0 Å². The molecule has 9 heavy (non-hydrogen) atoms. The Morgan fingerprint density at radius 1 is 1.78 bits per heavy atom. The number of hydrogen-bond donors (Lipinski definition) is 0. The molecule has 1 aliphatic heterocycles. The lowest BCUT2D eigenvalue weighted by molar-refractivity contribution is -0.109. The van der Waals surface area contributed by atoms with E-state index in [1.165, 1.54) is 29.7 Å². The number of rotatable bonds is 1. The summed E-state index contributed by atoms with van der Waals surface area (Å²) in [5, 5.41) is 0.884. The number of carbonyl (C=O) groups is 1. The molecule has 1 aliphatic rings. The van der Waals surface area contributed by atoms with E-state index in [2.05, 4.69) is 0 Å². The highest BCUT2D eigenvalue weighted by Gasteiger charge is 2.16. The molecule has 1 nitrogen and oxygen atoms in total. The van der Waals surface area contributed by atoms with Gasteiger partial charge in [-0.3, -0.25) is 4.79 Å². The summed E-state index contributed by atoms with van der Waals surface area (Å²) >= 11 is 3.45. The van der Waals surface area contributed by atoms with Gasteiger partial charge in [-0.25, -0.2) is 0 Å². The van der Waals surface area contributed by atoms with E-state index in [-0.39, 0.29) is 5.12 Å². The van der Waals surface area contributed by atoms with E-state index in [9.17, 15) is 4.79 Å². The van der Waals surface area contributed by atoms with Gasteiger partial charge >= 0.3 is 0 Å². The first-order valence-corrected chi connectivity index (χ1v) is 5.07. The van der Waals surface area contributed by atoms with Crippen molar-refractivity contribution in [2.45, 2.75) is 18.6 Å². The van der Waals surface area contributed by atoms with E-state index in [0.29, 0.717) is 5.25 Å². The molecular weight excluding hydrogens is 152 g/mol. The number of thioether (sulfide) groups is 2. The number of carbonyl (C=O) groups excluding carboxylic acids is 1. The van der Waals surface area contributed by atoms with E-state index in [0.717, 1.165) is 0 Å². The molecule has 0 aromatic carbocycles. The van der Waals surface area contributed by atoms with Crippen LogP contribution in [0.25, 0.3) is 0 Å². The van der Waals surface area contributed by atoms with Gasteiger partial charge in [0.05, 0.1) is 0 Å². The molecule has 1 heterocycles. The van der Waals surface area contributed by atoms with Crippen LogP contribution in [-0.2, 0) is 4.79 Å². The lowest BCUT2D eigenvalue weighted by Gasteiger charge is -2.01. The minimum Gasteiger partial charge on any atom is -0.288 e. The minimum absolute atomic E-state index is 0.266. The van der Waals surface area contributed by atoms with Crippen LogP contribution in [0.15, 0.2) is 0 Å². The van der Waals surface area contributed by atoms with Crippen LogP contribution in [0.1, 0.15) is 13.3 Å². The van der Waals surface area contributed by atoms with Gasteiger partial charge in [-0.1, -0.05) is 11.8 Å². The zero-order valence-electron chi connectivity index (χ0n) is 5.42. The van der Waals surface area contributed by atoms with Crippen molar-refractivity contribution in [2.75, 3.05) is 11.5 Å². The second-order valence-electron chi connectivity index (χ2n) is 2.10. The summed E-state index contributed by atoms with van der Waals surface area (Å²) in [6, 6.07) is 0. The minimum atomic E-state index is 0.266. The van der Waals surface area contributed by atoms with Gasteiger partial charge in [-0.2, -0.15) is 11.8 Å². The first kappa shape index (κ1) is 7.48. The largest absolute Gasteiger partial charge is 0.288 e. The average molecular weight is 162 g/mol. The zero-order valence-corrected chi connectivity index (χ0v) is 7.06. The van der Waals surface area contributed by atoms with E-state index < -0.39 is 0 Å². The molecule has 0 N–H and O–H groups in total. The fourth-order valence-corrected chi connectivity index (χ4v) is 3.30. The maximum atomic E-state index is 10.6. The van der Waals surface area contributed by atoms with Crippen LogP contribution in [0, 0.1) is 0 Å². The van der Waals surface area contributed by atoms with Crippen molar-refractivity contribution in [1.82, 2.24) is 0 Å². The molecule has 1 atom stereocenters. The third kappa shape index (κ3) is 2.63. The van der Waals surface area contributed by atoms with Crippen LogP contribution in [0.2, 0.25) is 0 Å². The van der Waals surface area contributed by atoms with Crippen molar-refractivity contribution >= 4 is 28.6 Å². The SMILES string of the molecule is CC(=O)SC1CCSC1. The summed E-state index contributed by atoms with van der Waals surface area (Å²) in [7, 11) is 0. The molecule has 1 unspecified atom stereocenters. The average Bonchev–Trinajstić information content (AvgIpc) is 2.15. The van der Waals surface area contributed by atoms with Crippen LogP contribution in [0.5, 0.6) is 0 Å². The fraction of sp³-hybridized carbons (Fsp3) is 0.833. The Bertz CT molecular complexity index is 108. The molecule has 1 saturated heterocycles. The Morgan fingerprint density at radius 2 is 2.56 bits per heavy atom. The molecular formula is C6H10OS2. The highest BCUT2D eigenvalue weighted by molar-refractivity contribution is 8.15. The highest BCUT2D eigenvalue weighted by Crippen LogP contribution is 2.27. The van der Waals surface area contributed by atoms with E-state index in [4.69, 9.17) is 0 Å². The summed E-state index contributed by atoms with van der Waals surface area (Å²) in [6.07, 6.45) is 1.22. The quantitative estimate of drug-likeness (QED) is 0.585. The predicted octanol–water partition coefficient (Wildman–Crippen LogP) is 1.77. The summed E-state index contributed by atoms with van der Waals surface area (Å²) in [6.45, 7) is 1.65. The molecule has 1 fully saturated rings. The summed E-state index contributed by atoms with van der Waals surface area (Å²) in [4.78, 5) is 10.6. The summed E-state index contributed by atoms with van der Waals surface area (Å²) in [5.74, 6) is 2.41. The Hall–Kier alpha value is 0.370. The molecule has 0 aromatic heterocycles. The van der Waals surface area contributed by atoms with E-state index >= 15 is 0 Å². The molecule has 1 rings (SSSR count). The van der Waals surface area contributed by atoms with Crippen molar-refractivity contribution in [3.05, 3.63) is 0 Å². The molecule has 0 bridgehead atoms. The molecule has 0 aromatic rings. The van der Waals surface area contributed by atoms with Gasteiger partial charge in [0, 0.05) is 17.9 Å². The molecule has 0 amide bonds. The van der Waals surface area contributed by atoms with Crippen LogP contribution in [0.4, 0.5) is 0 Å². The van der Waals surface area contributed by atoms with Crippen LogP contribution < -0.4 is 0 Å². The van der Waals surface area contributed by atoms with Crippen molar-refractivity contribution in [3.8, 4) is 0 Å². The van der Waals surface area contributed by atoms with Crippen LogP contribution in [0.3, 0.4) is 0 Å². The second kappa shape index (κ2) is 3.52. The maximum Gasteiger partial charge on any atom is 0.186 e. The van der Waals surface area contributed by atoms with Crippen LogP contribution in [-0.4, -0.2) is 21.9 Å². The first-order chi connectivity index (χ1) is 4.29. The zero-order chi connectivity index (χ0) is 6.69. The van der Waals surface area contributed by atoms with Crippen molar-refractivity contribution in [2.24, 2.45) is 0 Å². The third-order valence-electron chi connectivity index (χ3n) is 1.22. The standard InChI is InChI=1S/C6H10OS2/c1-5(7)9-6-2-3-8-4-6/h6H,2-4H2,1H3. The monoisotopic (exact) mass is 162 g/mol. The summed E-state index contributed by atoms with van der Waals surface area (Å²) < 4.78 is 0. The third-order valence-corrected chi connectivity index (χ3v) is 3.66. The van der Waals surface area contributed by atoms with Gasteiger partial charge < -0.3 is 0 Å². The van der Waals surface area contributed by atoms with Crippen molar-refractivity contribution in [3.63, 3.8) is 0 Å². The molecule has 52 valence electrons.